The first-order chi connectivity index (χ1) is 8.31. The van der Waals surface area contributed by atoms with Crippen molar-refractivity contribution in [2.24, 2.45) is 0 Å². The number of nitrogens with zero attached hydrogens (tertiary/aromatic N) is 2. The van der Waals surface area contributed by atoms with Gasteiger partial charge in [0.05, 0.1) is 12.2 Å². The Labute approximate surface area is 118 Å². The number of hydrogen-bond donors (Lipinski definition) is 2. The van der Waals surface area contributed by atoms with E-state index in [0.717, 1.165) is 0 Å². The molecule has 0 saturated carbocycles. The summed E-state index contributed by atoms with van der Waals surface area (Å²) in [6.45, 7) is 2.39. The summed E-state index contributed by atoms with van der Waals surface area (Å²) in [6, 6.07) is 1.28. The minimum absolute atomic E-state index is 0. The molecule has 109 valence electrons. The second kappa shape index (κ2) is 6.87. The van der Waals surface area contributed by atoms with Crippen molar-refractivity contribution >= 4 is 0 Å². The van der Waals surface area contributed by atoms with E-state index in [0.29, 0.717) is 0 Å². The van der Waals surface area contributed by atoms with Crippen LogP contribution < -0.4 is 0 Å². The molecule has 0 amide bonds. The van der Waals surface area contributed by atoms with Gasteiger partial charge in [-0.2, -0.15) is 9.65 Å². The van der Waals surface area contributed by atoms with Crippen LogP contribution in [0.4, 0.5) is 13.2 Å². The summed E-state index contributed by atoms with van der Waals surface area (Å²) in [5.74, 6) is -6.02. The number of aliphatic hydroxyl groups is 2. The van der Waals surface area contributed by atoms with Gasteiger partial charge in [-0.1, -0.05) is 0 Å². The Bertz CT molecular complexity index is 496. The molecule has 1 radical (unpaired) electrons. The zero-order valence-electron chi connectivity index (χ0n) is 9.96. The predicted octanol–water partition coefficient (Wildman–Crippen LogP) is 1.21. The molecule has 0 aliphatic heterocycles. The molecule has 1 aromatic rings. The largest absolute Gasteiger partial charge is 0.393 e. The van der Waals surface area contributed by atoms with Crippen molar-refractivity contribution in [3.63, 3.8) is 0 Å². The fourth-order valence-electron chi connectivity index (χ4n) is 1.78. The van der Waals surface area contributed by atoms with Crippen LogP contribution in [0.25, 0.3) is 0 Å². The van der Waals surface area contributed by atoms with E-state index >= 15 is 0 Å². The Kier molecular flexibility index (Phi) is 6.46. The third-order valence-electron chi connectivity index (χ3n) is 2.55. The van der Waals surface area contributed by atoms with Crippen LogP contribution in [0.3, 0.4) is 0 Å². The van der Waals surface area contributed by atoms with Crippen LogP contribution in [0.2, 0.25) is 0 Å². The Morgan fingerprint density at radius 3 is 1.95 bits per heavy atom. The number of rotatable bonds is 3. The summed E-state index contributed by atoms with van der Waals surface area (Å²) in [5.41, 5.74) is -1.79. The van der Waals surface area contributed by atoms with E-state index in [-0.39, 0.29) is 17.1 Å². The molecule has 1 rings (SSSR count). The second-order valence-electron chi connectivity index (χ2n) is 3.91. The zero-order chi connectivity index (χ0) is 14.0. The maximum Gasteiger partial charge on any atom is 0.250 e. The van der Waals surface area contributed by atoms with Crippen molar-refractivity contribution in [2.45, 2.75) is 32.0 Å². The monoisotopic (exact) mass is 323 g/mol. The Morgan fingerprint density at radius 2 is 1.58 bits per heavy atom. The topological polar surface area (TPSA) is 77.1 Å². The van der Waals surface area contributed by atoms with Gasteiger partial charge >= 0.3 is 0 Å². The third kappa shape index (κ3) is 3.45. The first-order valence-electron chi connectivity index (χ1n) is 5.11. The molecule has 2 N–H and O–H groups in total. The van der Waals surface area contributed by atoms with E-state index in [1.54, 1.807) is 0 Å². The minimum Gasteiger partial charge on any atom is -0.393 e. The van der Waals surface area contributed by atoms with Crippen molar-refractivity contribution in [2.75, 3.05) is 0 Å². The average Bonchev–Trinajstić information content (AvgIpc) is 2.27. The molecule has 19 heavy (non-hydrogen) atoms. The first-order valence-corrected chi connectivity index (χ1v) is 5.11. The van der Waals surface area contributed by atoms with E-state index in [1.807, 2.05) is 0 Å². The van der Waals surface area contributed by atoms with Crippen molar-refractivity contribution in [1.29, 1.82) is 5.26 Å². The number of pyridine rings is 1. The molecule has 8 heteroatoms. The zero-order valence-corrected chi connectivity index (χ0v) is 10.9. The van der Waals surface area contributed by atoms with E-state index in [4.69, 9.17) is 5.26 Å². The molecule has 0 saturated heterocycles. The predicted molar refractivity (Wildman–Crippen MR) is 54.9 cm³/mol. The quantitative estimate of drug-likeness (QED) is 0.647. The van der Waals surface area contributed by atoms with Gasteiger partial charge in [0.25, 0.3) is 5.95 Å². The number of hydrogen-bond acceptors (Lipinski definition) is 4. The van der Waals surface area contributed by atoms with Crippen LogP contribution in [-0.2, 0) is 17.1 Å². The molecule has 0 aliphatic rings. The molecule has 1 aromatic heterocycles. The molecule has 0 aliphatic carbocycles. The van der Waals surface area contributed by atoms with Crippen LogP contribution in [0, 0.1) is 28.9 Å². The van der Waals surface area contributed by atoms with Crippen molar-refractivity contribution in [3.8, 4) is 6.07 Å². The van der Waals surface area contributed by atoms with Gasteiger partial charge < -0.3 is 10.2 Å². The smallest absolute Gasteiger partial charge is 0.250 e. The van der Waals surface area contributed by atoms with Gasteiger partial charge in [0.15, 0.2) is 17.3 Å². The van der Waals surface area contributed by atoms with Crippen LogP contribution >= 0.6 is 0 Å². The molecule has 0 spiro atoms. The summed E-state index contributed by atoms with van der Waals surface area (Å²) in [5, 5.41) is 27.4. The molecule has 0 bridgehead atoms. The fraction of sp³-hybridized carbons (Fsp3) is 0.455. The van der Waals surface area contributed by atoms with Gasteiger partial charge in [-0.15, -0.1) is 0 Å². The van der Waals surface area contributed by atoms with Gasteiger partial charge in [0, 0.05) is 28.6 Å². The SMILES string of the molecule is CC(O)C(c1c(F)c(F)nc(C#N)c1F)C(C)O.[Cu]. The first kappa shape index (κ1) is 17.9. The van der Waals surface area contributed by atoms with E-state index in [2.05, 4.69) is 4.98 Å². The van der Waals surface area contributed by atoms with E-state index < -0.39 is 47.0 Å². The van der Waals surface area contributed by atoms with Gasteiger partial charge in [0.2, 0.25) is 0 Å². The normalized spacial score (nSPS) is 15.1. The maximum atomic E-state index is 13.8. The Hall–Kier alpha value is -1.13. The summed E-state index contributed by atoms with van der Waals surface area (Å²) in [7, 11) is 0. The molecule has 2 unspecified atom stereocenters. The standard InChI is InChI=1S/C11H11F3N2O2.Cu/c1-4(17)7(5(2)18)8-9(12)6(3-15)16-11(14)10(8)13;/h4-5,7,17-18H,1-2H3;. The second-order valence-corrected chi connectivity index (χ2v) is 3.91. The summed E-state index contributed by atoms with van der Waals surface area (Å²) in [6.07, 6.45) is -2.66. The average molecular weight is 324 g/mol. The molecule has 0 fully saturated rings. The molecular weight excluding hydrogens is 313 g/mol. The fourth-order valence-corrected chi connectivity index (χ4v) is 1.78. The summed E-state index contributed by atoms with van der Waals surface area (Å²) < 4.78 is 40.4. The number of nitriles is 1. The maximum absolute atomic E-state index is 13.8. The van der Waals surface area contributed by atoms with Crippen LogP contribution in [0.15, 0.2) is 0 Å². The van der Waals surface area contributed by atoms with E-state index in [1.165, 1.54) is 19.9 Å². The van der Waals surface area contributed by atoms with Crippen LogP contribution in [0.5, 0.6) is 0 Å². The third-order valence-corrected chi connectivity index (χ3v) is 2.55. The van der Waals surface area contributed by atoms with Gasteiger partial charge in [-0.3, -0.25) is 0 Å². The number of aliphatic hydroxyl groups excluding tert-OH is 2. The molecule has 1 heterocycles. The van der Waals surface area contributed by atoms with Crippen molar-refractivity contribution < 1.29 is 40.5 Å². The molecule has 0 aromatic carbocycles. The Morgan fingerprint density at radius 1 is 1.11 bits per heavy atom. The summed E-state index contributed by atoms with van der Waals surface area (Å²) >= 11 is 0. The van der Waals surface area contributed by atoms with Crippen molar-refractivity contribution in [1.82, 2.24) is 4.98 Å². The van der Waals surface area contributed by atoms with Gasteiger partial charge in [-0.25, -0.2) is 13.8 Å². The van der Waals surface area contributed by atoms with E-state index in [9.17, 15) is 23.4 Å². The van der Waals surface area contributed by atoms with Crippen LogP contribution in [-0.4, -0.2) is 27.4 Å². The molecule has 2 atom stereocenters. The van der Waals surface area contributed by atoms with Gasteiger partial charge in [0.1, 0.15) is 6.07 Å². The number of halogens is 3. The van der Waals surface area contributed by atoms with Crippen LogP contribution in [0.1, 0.15) is 31.0 Å². The van der Waals surface area contributed by atoms with Gasteiger partial charge in [-0.05, 0) is 13.8 Å². The minimum atomic E-state index is -1.64. The summed E-state index contributed by atoms with van der Waals surface area (Å²) in [4.78, 5) is 2.81. The number of aromatic nitrogens is 1. The Balaban J connectivity index is 0.00000324. The molecule has 4 nitrogen and oxygen atoms in total. The van der Waals surface area contributed by atoms with Crippen molar-refractivity contribution in [3.05, 3.63) is 28.8 Å². The molecular formula is C11H11CuF3N2O2.